The van der Waals surface area contributed by atoms with Crippen molar-refractivity contribution in [1.82, 2.24) is 14.9 Å². The third-order valence-electron chi connectivity index (χ3n) is 4.94. The Kier molecular flexibility index (Phi) is 6.96. The number of amides is 1. The minimum absolute atomic E-state index is 0.129. The maximum atomic E-state index is 13.3. The van der Waals surface area contributed by atoms with Crippen LogP contribution in [0.25, 0.3) is 0 Å². The lowest BCUT2D eigenvalue weighted by Gasteiger charge is -2.20. The molecule has 0 saturated heterocycles. The molecule has 0 radical (unpaired) electrons. The average Bonchev–Trinajstić information content (AvgIpc) is 3.14. The van der Waals surface area contributed by atoms with Crippen LogP contribution in [0.2, 0.25) is 0 Å². The molecule has 1 heterocycles. The summed E-state index contributed by atoms with van der Waals surface area (Å²) in [5.74, 6) is 0.396. The highest BCUT2D eigenvalue weighted by molar-refractivity contribution is 5.76. The average molecular weight is 426 g/mol. The van der Waals surface area contributed by atoms with E-state index in [0.717, 1.165) is 11.1 Å². The Labute approximate surface area is 178 Å². The van der Waals surface area contributed by atoms with Gasteiger partial charge >= 0.3 is 5.82 Å². The number of ether oxygens (including phenoxy) is 1. The van der Waals surface area contributed by atoms with Crippen LogP contribution in [0.5, 0.6) is 5.75 Å². The number of nitrogens with zero attached hydrogens (tertiary/aromatic N) is 3. The van der Waals surface area contributed by atoms with Crippen LogP contribution in [0.4, 0.5) is 10.2 Å². The van der Waals surface area contributed by atoms with E-state index in [4.69, 9.17) is 4.74 Å². The lowest BCUT2D eigenvalue weighted by Crippen LogP contribution is -2.30. The molecule has 0 aliphatic carbocycles. The summed E-state index contributed by atoms with van der Waals surface area (Å²) in [6.07, 6.45) is 1.93. The number of imidazole rings is 1. The van der Waals surface area contributed by atoms with E-state index < -0.39 is 4.92 Å². The third-order valence-corrected chi connectivity index (χ3v) is 4.94. The second-order valence-corrected chi connectivity index (χ2v) is 7.07. The molecule has 31 heavy (non-hydrogen) atoms. The summed E-state index contributed by atoms with van der Waals surface area (Å²) in [5, 5.41) is 13.9. The van der Waals surface area contributed by atoms with Crippen molar-refractivity contribution < 1.29 is 18.8 Å². The van der Waals surface area contributed by atoms with Gasteiger partial charge in [0.25, 0.3) is 0 Å². The van der Waals surface area contributed by atoms with E-state index >= 15 is 0 Å². The smallest absolute Gasteiger partial charge is 0.381 e. The molecule has 3 aromatic rings. The quantitative estimate of drug-likeness (QED) is 0.415. The fourth-order valence-electron chi connectivity index (χ4n) is 3.24. The Morgan fingerprint density at radius 3 is 2.48 bits per heavy atom. The van der Waals surface area contributed by atoms with Gasteiger partial charge in [0.2, 0.25) is 11.7 Å². The Hall–Kier alpha value is -3.75. The van der Waals surface area contributed by atoms with Crippen LogP contribution in [0.15, 0.2) is 54.7 Å². The Morgan fingerprint density at radius 2 is 1.90 bits per heavy atom. The third kappa shape index (κ3) is 5.88. The number of benzene rings is 2. The van der Waals surface area contributed by atoms with Crippen molar-refractivity contribution in [3.63, 3.8) is 0 Å². The molecule has 8 nitrogen and oxygen atoms in total. The van der Waals surface area contributed by atoms with Gasteiger partial charge in [-0.25, -0.2) is 4.39 Å². The van der Waals surface area contributed by atoms with Crippen LogP contribution in [0.1, 0.15) is 29.4 Å². The van der Waals surface area contributed by atoms with Crippen molar-refractivity contribution in [1.29, 1.82) is 0 Å². The van der Waals surface area contributed by atoms with Crippen LogP contribution in [0, 0.1) is 22.9 Å². The van der Waals surface area contributed by atoms with Crippen LogP contribution >= 0.6 is 0 Å². The van der Waals surface area contributed by atoms with Gasteiger partial charge in [-0.15, -0.1) is 0 Å². The maximum Gasteiger partial charge on any atom is 0.381 e. The van der Waals surface area contributed by atoms with Crippen LogP contribution in [-0.2, 0) is 17.8 Å². The number of aromatic nitrogens is 2. The number of nitrogens with one attached hydrogen (secondary N) is 1. The number of aryl methyl sites for hydroxylation is 2. The van der Waals surface area contributed by atoms with Crippen molar-refractivity contribution >= 4 is 11.7 Å². The van der Waals surface area contributed by atoms with Gasteiger partial charge in [0.05, 0.1) is 13.2 Å². The molecular formula is C22H23FN4O4. The number of rotatable bonds is 9. The van der Waals surface area contributed by atoms with Gasteiger partial charge in [-0.3, -0.25) is 4.79 Å². The van der Waals surface area contributed by atoms with E-state index in [9.17, 15) is 19.3 Å². The Morgan fingerprint density at radius 1 is 1.23 bits per heavy atom. The highest BCUT2D eigenvalue weighted by Crippen LogP contribution is 2.22. The largest absolute Gasteiger partial charge is 0.497 e. The second-order valence-electron chi connectivity index (χ2n) is 7.07. The summed E-state index contributed by atoms with van der Waals surface area (Å²) in [6.45, 7) is 1.92. The van der Waals surface area contributed by atoms with E-state index in [-0.39, 0.29) is 36.5 Å². The number of hydrogen-bond donors (Lipinski definition) is 1. The zero-order chi connectivity index (χ0) is 22.4. The molecule has 1 N–H and O–H groups in total. The van der Waals surface area contributed by atoms with Crippen molar-refractivity contribution in [2.75, 3.05) is 7.11 Å². The minimum atomic E-state index is -0.564. The van der Waals surface area contributed by atoms with Gasteiger partial charge < -0.3 is 24.7 Å². The zero-order valence-electron chi connectivity index (χ0n) is 17.2. The van der Waals surface area contributed by atoms with Gasteiger partial charge in [0, 0.05) is 19.9 Å². The summed E-state index contributed by atoms with van der Waals surface area (Å²) >= 11 is 0. The first-order chi connectivity index (χ1) is 14.9. The summed E-state index contributed by atoms with van der Waals surface area (Å²) in [4.78, 5) is 26.8. The highest BCUT2D eigenvalue weighted by Gasteiger charge is 2.18. The number of nitro groups is 1. The summed E-state index contributed by atoms with van der Waals surface area (Å²) in [7, 11) is 1.58. The van der Waals surface area contributed by atoms with E-state index in [2.05, 4.69) is 10.3 Å². The van der Waals surface area contributed by atoms with E-state index in [1.165, 1.54) is 18.3 Å². The van der Waals surface area contributed by atoms with Gasteiger partial charge in [-0.05, 0) is 51.7 Å². The molecule has 9 heteroatoms. The van der Waals surface area contributed by atoms with Crippen molar-refractivity contribution in [2.24, 2.45) is 0 Å². The lowest BCUT2D eigenvalue weighted by molar-refractivity contribution is -0.389. The molecule has 1 atom stereocenters. The van der Waals surface area contributed by atoms with E-state index in [1.807, 2.05) is 24.3 Å². The summed E-state index contributed by atoms with van der Waals surface area (Å²) in [5.41, 5.74) is 1.76. The fourth-order valence-corrected chi connectivity index (χ4v) is 3.24. The number of carbonyl (C=O) groups excluding carboxylic acids is 1. The van der Waals surface area contributed by atoms with E-state index in [0.29, 0.717) is 18.0 Å². The normalized spacial score (nSPS) is 11.7. The maximum absolute atomic E-state index is 13.3. The van der Waals surface area contributed by atoms with E-state index in [1.54, 1.807) is 30.7 Å². The number of methoxy groups -OCH3 is 1. The van der Waals surface area contributed by atoms with Crippen molar-refractivity contribution in [3.8, 4) is 5.75 Å². The van der Waals surface area contributed by atoms with Gasteiger partial charge in [0.1, 0.15) is 17.8 Å². The molecule has 0 fully saturated rings. The molecular weight excluding hydrogens is 403 g/mol. The first-order valence-electron chi connectivity index (χ1n) is 9.71. The highest BCUT2D eigenvalue weighted by atomic mass is 19.1. The molecule has 1 aromatic heterocycles. The molecule has 0 bridgehead atoms. The van der Waals surface area contributed by atoms with Gasteiger partial charge in [0.15, 0.2) is 0 Å². The summed E-state index contributed by atoms with van der Waals surface area (Å²) in [6, 6.07) is 13.2. The second kappa shape index (κ2) is 9.84. The van der Waals surface area contributed by atoms with Crippen molar-refractivity contribution in [3.05, 3.63) is 87.6 Å². The lowest BCUT2D eigenvalue weighted by atomic mass is 9.98. The first-order valence-corrected chi connectivity index (χ1v) is 9.71. The Bertz CT molecular complexity index is 1050. The molecule has 0 aliphatic rings. The predicted octanol–water partition coefficient (Wildman–Crippen LogP) is 3.74. The molecule has 1 unspecified atom stereocenters. The standard InChI is InChI=1S/C22H23FN4O4/c1-15-24-21(27(29)30)14-26(15)12-11-22(28)25-20(13-16-3-7-18(23)8-4-16)17-5-9-19(31-2)10-6-17/h3-10,14,20H,11-13H2,1-2H3,(H,25,28). The SMILES string of the molecule is COc1ccc(C(Cc2ccc(F)cc2)NC(=O)CCn2cc([N+](=O)[O-])nc2C)cc1. The van der Waals surface area contributed by atoms with Gasteiger partial charge in [-0.1, -0.05) is 24.3 Å². The van der Waals surface area contributed by atoms with Crippen LogP contribution in [-0.4, -0.2) is 27.5 Å². The molecule has 3 rings (SSSR count). The molecule has 162 valence electrons. The number of hydrogen-bond acceptors (Lipinski definition) is 5. The zero-order valence-corrected chi connectivity index (χ0v) is 17.2. The molecule has 0 spiro atoms. The fraction of sp³-hybridized carbons (Fsp3) is 0.273. The monoisotopic (exact) mass is 426 g/mol. The number of carbonyl (C=O) groups is 1. The van der Waals surface area contributed by atoms with Crippen LogP contribution < -0.4 is 10.1 Å². The predicted molar refractivity (Wildman–Crippen MR) is 112 cm³/mol. The topological polar surface area (TPSA) is 99.3 Å². The van der Waals surface area contributed by atoms with Crippen LogP contribution in [0.3, 0.4) is 0 Å². The molecule has 1 amide bonds. The van der Waals surface area contributed by atoms with Crippen molar-refractivity contribution in [2.45, 2.75) is 32.4 Å². The molecule has 2 aromatic carbocycles. The van der Waals surface area contributed by atoms with Gasteiger partial charge in [-0.2, -0.15) is 0 Å². The molecule has 0 saturated carbocycles. The Balaban J connectivity index is 1.71. The number of halogens is 1. The first kappa shape index (κ1) is 21.9. The summed E-state index contributed by atoms with van der Waals surface area (Å²) < 4.78 is 20.0. The molecule has 0 aliphatic heterocycles. The minimum Gasteiger partial charge on any atom is -0.497 e.